The summed E-state index contributed by atoms with van der Waals surface area (Å²) in [6.07, 6.45) is 1.14. The van der Waals surface area contributed by atoms with Gasteiger partial charge in [0.2, 0.25) is 0 Å². The molecule has 0 bridgehead atoms. The largest absolute Gasteiger partial charge is 0.490 e. The molecule has 2 heterocycles. The number of hydrogen-bond donors (Lipinski definition) is 1. The Morgan fingerprint density at radius 2 is 1.96 bits per heavy atom. The van der Waals surface area contributed by atoms with Crippen molar-refractivity contribution in [1.29, 1.82) is 0 Å². The van der Waals surface area contributed by atoms with Gasteiger partial charge in [-0.15, -0.1) is 0 Å². The molecule has 2 aromatic carbocycles. The molecule has 1 N–H and O–H groups in total. The Balaban J connectivity index is 1.75. The number of nitrogens with one attached hydrogen (secondary N) is 1. The van der Waals surface area contributed by atoms with Crippen LogP contribution in [0.15, 0.2) is 30.3 Å². The molecule has 4 rings (SSSR count). The molecule has 0 saturated carbocycles. The average molecular weight is 388 g/mol. The smallest absolute Gasteiger partial charge is 0.179 e. The number of halogens is 1. The van der Waals surface area contributed by atoms with Crippen molar-refractivity contribution >= 4 is 17.3 Å². The van der Waals surface area contributed by atoms with E-state index in [2.05, 4.69) is 36.5 Å². The van der Waals surface area contributed by atoms with Crippen molar-refractivity contribution in [3.8, 4) is 11.5 Å². The molecule has 5 heteroatoms. The molecule has 2 aliphatic heterocycles. The first-order chi connectivity index (χ1) is 13.1. The summed E-state index contributed by atoms with van der Waals surface area (Å²) in [5, 5.41) is 4.31. The van der Waals surface area contributed by atoms with E-state index in [4.69, 9.17) is 25.8 Å². The Hall–Kier alpha value is -1.91. The molecule has 3 unspecified atom stereocenters. The quantitative estimate of drug-likeness (QED) is 0.715. The maximum Gasteiger partial charge on any atom is 0.179 e. The van der Waals surface area contributed by atoms with Crippen molar-refractivity contribution in [3.05, 3.63) is 52.0 Å². The molecule has 1 saturated heterocycles. The highest BCUT2D eigenvalue weighted by Crippen LogP contribution is 2.51. The van der Waals surface area contributed by atoms with Gasteiger partial charge in [0, 0.05) is 23.8 Å². The van der Waals surface area contributed by atoms with Crippen molar-refractivity contribution in [2.75, 3.05) is 25.1 Å². The fraction of sp³-hybridized carbons (Fsp3) is 0.455. The third kappa shape index (κ3) is 3.37. The van der Waals surface area contributed by atoms with Gasteiger partial charge in [-0.25, -0.2) is 0 Å². The van der Waals surface area contributed by atoms with Crippen LogP contribution in [0.1, 0.15) is 49.1 Å². The van der Waals surface area contributed by atoms with Gasteiger partial charge >= 0.3 is 0 Å². The Morgan fingerprint density at radius 1 is 1.15 bits per heavy atom. The van der Waals surface area contributed by atoms with Crippen LogP contribution >= 0.6 is 11.6 Å². The fourth-order valence-electron chi connectivity index (χ4n) is 4.24. The molecule has 0 amide bonds. The predicted molar refractivity (Wildman–Crippen MR) is 108 cm³/mol. The van der Waals surface area contributed by atoms with Crippen LogP contribution in [0, 0.1) is 12.8 Å². The fourth-order valence-corrected chi connectivity index (χ4v) is 4.51. The molecule has 0 radical (unpaired) electrons. The van der Waals surface area contributed by atoms with Crippen LogP contribution < -0.4 is 14.8 Å². The number of rotatable bonds is 5. The number of aryl methyl sites for hydroxylation is 1. The highest BCUT2D eigenvalue weighted by molar-refractivity contribution is 6.32. The minimum atomic E-state index is 0.118. The third-order valence-electron chi connectivity index (χ3n) is 5.37. The zero-order chi connectivity index (χ0) is 19.0. The molecule has 0 spiro atoms. The van der Waals surface area contributed by atoms with Gasteiger partial charge in [-0.3, -0.25) is 0 Å². The second-order valence-electron chi connectivity index (χ2n) is 7.15. The van der Waals surface area contributed by atoms with Gasteiger partial charge in [-0.05, 0) is 51.0 Å². The van der Waals surface area contributed by atoms with Gasteiger partial charge in [-0.1, -0.05) is 29.3 Å². The van der Waals surface area contributed by atoms with E-state index in [9.17, 15) is 0 Å². The first-order valence-electron chi connectivity index (χ1n) is 9.70. The Morgan fingerprint density at radius 3 is 2.74 bits per heavy atom. The van der Waals surface area contributed by atoms with E-state index < -0.39 is 0 Å². The van der Waals surface area contributed by atoms with Crippen LogP contribution in [-0.2, 0) is 4.74 Å². The summed E-state index contributed by atoms with van der Waals surface area (Å²) in [5.74, 6) is 1.69. The SMILES string of the molecule is CCOc1cc(C2Nc3ccc(C)cc3C3OCCC23)cc(Cl)c1OCC. The molecule has 144 valence electrons. The minimum Gasteiger partial charge on any atom is -0.490 e. The summed E-state index contributed by atoms with van der Waals surface area (Å²) in [6, 6.07) is 10.7. The van der Waals surface area contributed by atoms with E-state index in [0.29, 0.717) is 35.7 Å². The van der Waals surface area contributed by atoms with Crippen LogP contribution in [-0.4, -0.2) is 19.8 Å². The molecule has 1 fully saturated rings. The zero-order valence-corrected chi connectivity index (χ0v) is 16.8. The van der Waals surface area contributed by atoms with Crippen molar-refractivity contribution < 1.29 is 14.2 Å². The highest BCUT2D eigenvalue weighted by Gasteiger charge is 2.41. The Bertz CT molecular complexity index is 839. The van der Waals surface area contributed by atoms with Crippen LogP contribution in [0.2, 0.25) is 5.02 Å². The monoisotopic (exact) mass is 387 g/mol. The van der Waals surface area contributed by atoms with E-state index in [-0.39, 0.29) is 12.1 Å². The van der Waals surface area contributed by atoms with Crippen molar-refractivity contribution in [2.45, 2.75) is 39.3 Å². The summed E-state index contributed by atoms with van der Waals surface area (Å²) in [6.45, 7) is 7.93. The normalized spacial score (nSPS) is 23.3. The van der Waals surface area contributed by atoms with E-state index in [1.807, 2.05) is 19.9 Å². The Labute approximate surface area is 165 Å². The molecule has 2 aliphatic rings. The lowest BCUT2D eigenvalue weighted by atomic mass is 9.80. The maximum absolute atomic E-state index is 6.57. The van der Waals surface area contributed by atoms with Crippen LogP contribution in [0.4, 0.5) is 5.69 Å². The number of ether oxygens (including phenoxy) is 3. The highest BCUT2D eigenvalue weighted by atomic mass is 35.5. The second-order valence-corrected chi connectivity index (χ2v) is 7.56. The second kappa shape index (κ2) is 7.61. The number of anilines is 1. The lowest BCUT2D eigenvalue weighted by Crippen LogP contribution is -2.29. The van der Waals surface area contributed by atoms with Gasteiger partial charge in [0.05, 0.1) is 30.4 Å². The zero-order valence-electron chi connectivity index (χ0n) is 16.0. The standard InChI is InChI=1S/C22H26ClNO3/c1-4-25-19-12-14(11-17(23)22(19)26-5-2)20-15-8-9-27-21(15)16-10-13(3)6-7-18(16)24-20/h6-7,10-12,15,20-21,24H,4-5,8-9H2,1-3H3. The van der Waals surface area contributed by atoms with Crippen LogP contribution in [0.5, 0.6) is 11.5 Å². The van der Waals surface area contributed by atoms with Crippen molar-refractivity contribution in [3.63, 3.8) is 0 Å². The van der Waals surface area contributed by atoms with E-state index in [1.54, 1.807) is 0 Å². The molecule has 3 atom stereocenters. The summed E-state index contributed by atoms with van der Waals surface area (Å²) < 4.78 is 17.7. The Kier molecular flexibility index (Phi) is 5.20. The molecule has 27 heavy (non-hydrogen) atoms. The van der Waals surface area contributed by atoms with E-state index >= 15 is 0 Å². The van der Waals surface area contributed by atoms with Crippen molar-refractivity contribution in [1.82, 2.24) is 0 Å². The van der Waals surface area contributed by atoms with Gasteiger partial charge in [0.1, 0.15) is 0 Å². The number of hydrogen-bond acceptors (Lipinski definition) is 4. The van der Waals surface area contributed by atoms with E-state index in [1.165, 1.54) is 11.1 Å². The van der Waals surface area contributed by atoms with Crippen molar-refractivity contribution in [2.24, 2.45) is 5.92 Å². The lowest BCUT2D eigenvalue weighted by molar-refractivity contribution is 0.0828. The summed E-state index contributed by atoms with van der Waals surface area (Å²) >= 11 is 6.57. The van der Waals surface area contributed by atoms with Gasteiger partial charge in [0.25, 0.3) is 0 Å². The lowest BCUT2D eigenvalue weighted by Gasteiger charge is -2.37. The maximum atomic E-state index is 6.57. The average Bonchev–Trinajstić information content (AvgIpc) is 3.14. The number of fused-ring (bicyclic) bond motifs is 3. The predicted octanol–water partition coefficient (Wildman–Crippen LogP) is 5.69. The van der Waals surface area contributed by atoms with Crippen LogP contribution in [0.3, 0.4) is 0 Å². The summed E-state index contributed by atoms with van der Waals surface area (Å²) in [7, 11) is 0. The topological polar surface area (TPSA) is 39.7 Å². The summed E-state index contributed by atoms with van der Waals surface area (Å²) in [4.78, 5) is 0. The molecule has 0 aliphatic carbocycles. The molecular weight excluding hydrogens is 362 g/mol. The van der Waals surface area contributed by atoms with E-state index in [0.717, 1.165) is 24.3 Å². The minimum absolute atomic E-state index is 0.118. The first kappa shape index (κ1) is 18.5. The van der Waals surface area contributed by atoms with Gasteiger partial charge in [-0.2, -0.15) is 0 Å². The van der Waals surface area contributed by atoms with Gasteiger partial charge in [0.15, 0.2) is 11.5 Å². The van der Waals surface area contributed by atoms with Crippen LogP contribution in [0.25, 0.3) is 0 Å². The molecule has 0 aromatic heterocycles. The molecule has 2 aromatic rings. The third-order valence-corrected chi connectivity index (χ3v) is 5.65. The first-order valence-corrected chi connectivity index (χ1v) is 10.1. The number of benzene rings is 2. The molecule has 4 nitrogen and oxygen atoms in total. The molecular formula is C22H26ClNO3. The summed E-state index contributed by atoms with van der Waals surface area (Å²) in [5.41, 5.74) is 4.76. The van der Waals surface area contributed by atoms with Gasteiger partial charge < -0.3 is 19.5 Å².